The highest BCUT2D eigenvalue weighted by atomic mass is 16.5. The van der Waals surface area contributed by atoms with Gasteiger partial charge in [0.1, 0.15) is 11.5 Å². The van der Waals surface area contributed by atoms with Crippen LogP contribution in [0.25, 0.3) is 0 Å². The fourth-order valence-corrected chi connectivity index (χ4v) is 2.09. The van der Waals surface area contributed by atoms with Crippen molar-refractivity contribution < 1.29 is 9.47 Å². The van der Waals surface area contributed by atoms with Crippen molar-refractivity contribution in [1.29, 1.82) is 0 Å². The van der Waals surface area contributed by atoms with Crippen LogP contribution in [0.3, 0.4) is 0 Å². The van der Waals surface area contributed by atoms with Gasteiger partial charge in [-0.15, -0.1) is 0 Å². The summed E-state index contributed by atoms with van der Waals surface area (Å²) in [5, 5.41) is 6.68. The number of nitrogens with one attached hydrogen (secondary N) is 2. The Morgan fingerprint density at radius 2 is 1.79 bits per heavy atom. The maximum absolute atomic E-state index is 5.42. The van der Waals surface area contributed by atoms with Gasteiger partial charge in [0.2, 0.25) is 0 Å². The molecule has 0 saturated heterocycles. The van der Waals surface area contributed by atoms with Crippen LogP contribution in [0.2, 0.25) is 0 Å². The molecule has 19 heavy (non-hydrogen) atoms. The van der Waals surface area contributed by atoms with Crippen molar-refractivity contribution in [3.05, 3.63) is 17.7 Å². The molecule has 1 rings (SSSR count). The normalized spacial score (nSPS) is 12.1. The molecule has 108 valence electrons. The van der Waals surface area contributed by atoms with Crippen LogP contribution in [-0.2, 0) is 0 Å². The van der Waals surface area contributed by atoms with E-state index in [1.165, 1.54) is 0 Å². The Balaban J connectivity index is 2.81. The van der Waals surface area contributed by atoms with E-state index in [4.69, 9.17) is 9.47 Å². The topological polar surface area (TPSA) is 42.5 Å². The predicted octanol–water partition coefficient (Wildman–Crippen LogP) is 2.67. The van der Waals surface area contributed by atoms with E-state index in [0.29, 0.717) is 5.92 Å². The van der Waals surface area contributed by atoms with Gasteiger partial charge in [0.05, 0.1) is 19.9 Å². The molecule has 0 amide bonds. The molecule has 4 heteroatoms. The van der Waals surface area contributed by atoms with E-state index in [2.05, 4.69) is 17.6 Å². The average Bonchev–Trinajstić information content (AvgIpc) is 2.43. The van der Waals surface area contributed by atoms with E-state index in [9.17, 15) is 0 Å². The summed E-state index contributed by atoms with van der Waals surface area (Å²) in [6, 6.07) is 4.00. The van der Waals surface area contributed by atoms with Crippen molar-refractivity contribution in [1.82, 2.24) is 5.32 Å². The monoisotopic (exact) mass is 266 g/mol. The van der Waals surface area contributed by atoms with Gasteiger partial charge in [-0.2, -0.15) is 0 Å². The van der Waals surface area contributed by atoms with Crippen molar-refractivity contribution in [2.45, 2.75) is 20.3 Å². The molecular formula is C15H26N2O2. The number of hydrogen-bond donors (Lipinski definition) is 2. The van der Waals surface area contributed by atoms with Crippen molar-refractivity contribution in [2.24, 2.45) is 5.92 Å². The Morgan fingerprint density at radius 1 is 1.11 bits per heavy atom. The second kappa shape index (κ2) is 7.89. The molecule has 1 aromatic carbocycles. The number of aryl methyl sites for hydroxylation is 1. The lowest BCUT2D eigenvalue weighted by Crippen LogP contribution is -2.25. The van der Waals surface area contributed by atoms with Crippen molar-refractivity contribution in [2.75, 3.05) is 39.7 Å². The minimum Gasteiger partial charge on any atom is -0.496 e. The molecule has 4 nitrogen and oxygen atoms in total. The van der Waals surface area contributed by atoms with Gasteiger partial charge < -0.3 is 20.1 Å². The van der Waals surface area contributed by atoms with Crippen LogP contribution in [-0.4, -0.2) is 34.4 Å². The third-order valence-corrected chi connectivity index (χ3v) is 3.37. The number of hydrogen-bond acceptors (Lipinski definition) is 4. The average molecular weight is 266 g/mol. The van der Waals surface area contributed by atoms with Gasteiger partial charge in [0.25, 0.3) is 0 Å². The molecule has 1 unspecified atom stereocenters. The Morgan fingerprint density at radius 3 is 2.32 bits per heavy atom. The zero-order valence-electron chi connectivity index (χ0n) is 12.7. The molecule has 0 bridgehead atoms. The molecule has 1 aromatic rings. The molecule has 0 radical (unpaired) electrons. The second-order valence-electron chi connectivity index (χ2n) is 4.73. The molecule has 0 aliphatic carbocycles. The fourth-order valence-electron chi connectivity index (χ4n) is 2.09. The number of ether oxygens (including phenoxy) is 2. The summed E-state index contributed by atoms with van der Waals surface area (Å²) in [6.45, 7) is 6.15. The minimum atomic E-state index is 0.599. The maximum Gasteiger partial charge on any atom is 0.142 e. The van der Waals surface area contributed by atoms with Crippen LogP contribution in [0.5, 0.6) is 11.5 Å². The van der Waals surface area contributed by atoms with E-state index in [1.54, 1.807) is 14.2 Å². The second-order valence-corrected chi connectivity index (χ2v) is 4.73. The first-order chi connectivity index (χ1) is 9.15. The number of rotatable bonds is 8. The quantitative estimate of drug-likeness (QED) is 0.759. The highest BCUT2D eigenvalue weighted by molar-refractivity contribution is 5.62. The SMILES string of the molecule is CCC(CNC)CNc1cc(OC)c(C)cc1OC. The summed E-state index contributed by atoms with van der Waals surface area (Å²) in [5.41, 5.74) is 2.06. The first kappa shape index (κ1) is 15.6. The van der Waals surface area contributed by atoms with Gasteiger partial charge in [-0.25, -0.2) is 0 Å². The molecule has 0 heterocycles. The van der Waals surface area contributed by atoms with E-state index >= 15 is 0 Å². The number of methoxy groups -OCH3 is 2. The van der Waals surface area contributed by atoms with Gasteiger partial charge in [-0.05, 0) is 38.1 Å². The zero-order chi connectivity index (χ0) is 14.3. The van der Waals surface area contributed by atoms with Gasteiger partial charge in [-0.3, -0.25) is 0 Å². The molecule has 1 atom stereocenters. The summed E-state index contributed by atoms with van der Waals surface area (Å²) in [6.07, 6.45) is 1.14. The molecule has 0 aromatic heterocycles. The lowest BCUT2D eigenvalue weighted by molar-refractivity contribution is 0.401. The Hall–Kier alpha value is -1.42. The van der Waals surface area contributed by atoms with Crippen LogP contribution >= 0.6 is 0 Å². The molecule has 0 fully saturated rings. The minimum absolute atomic E-state index is 0.599. The third-order valence-electron chi connectivity index (χ3n) is 3.37. The summed E-state index contributed by atoms with van der Waals surface area (Å²) in [5.74, 6) is 2.34. The zero-order valence-corrected chi connectivity index (χ0v) is 12.7. The van der Waals surface area contributed by atoms with Crippen molar-refractivity contribution in [3.8, 4) is 11.5 Å². The fraction of sp³-hybridized carbons (Fsp3) is 0.600. The number of benzene rings is 1. The molecule has 0 spiro atoms. The first-order valence-electron chi connectivity index (χ1n) is 6.77. The summed E-state index contributed by atoms with van der Waals surface area (Å²) in [7, 11) is 5.36. The molecular weight excluding hydrogens is 240 g/mol. The highest BCUT2D eigenvalue weighted by Crippen LogP contribution is 2.32. The summed E-state index contributed by atoms with van der Waals surface area (Å²) < 4.78 is 10.8. The largest absolute Gasteiger partial charge is 0.496 e. The lowest BCUT2D eigenvalue weighted by Gasteiger charge is -2.19. The first-order valence-corrected chi connectivity index (χ1v) is 6.77. The summed E-state index contributed by atoms with van der Waals surface area (Å²) >= 11 is 0. The smallest absolute Gasteiger partial charge is 0.142 e. The Labute approximate surface area is 116 Å². The van der Waals surface area contributed by atoms with E-state index in [1.807, 2.05) is 26.1 Å². The maximum atomic E-state index is 5.42. The third kappa shape index (κ3) is 4.31. The Bertz CT molecular complexity index is 394. The van der Waals surface area contributed by atoms with Crippen LogP contribution in [0, 0.1) is 12.8 Å². The van der Waals surface area contributed by atoms with Crippen LogP contribution in [0.4, 0.5) is 5.69 Å². The van der Waals surface area contributed by atoms with Crippen LogP contribution < -0.4 is 20.1 Å². The molecule has 2 N–H and O–H groups in total. The molecule has 0 aliphatic heterocycles. The van der Waals surface area contributed by atoms with Crippen molar-refractivity contribution in [3.63, 3.8) is 0 Å². The van der Waals surface area contributed by atoms with E-state index in [-0.39, 0.29) is 0 Å². The van der Waals surface area contributed by atoms with Crippen LogP contribution in [0.1, 0.15) is 18.9 Å². The molecule has 0 saturated carbocycles. The van der Waals surface area contributed by atoms with Crippen LogP contribution in [0.15, 0.2) is 12.1 Å². The van der Waals surface area contributed by atoms with Gasteiger partial charge in [0.15, 0.2) is 0 Å². The van der Waals surface area contributed by atoms with E-state index in [0.717, 1.165) is 42.3 Å². The van der Waals surface area contributed by atoms with Gasteiger partial charge in [-0.1, -0.05) is 13.3 Å². The molecule has 0 aliphatic rings. The highest BCUT2D eigenvalue weighted by Gasteiger charge is 2.10. The number of anilines is 1. The van der Waals surface area contributed by atoms with Gasteiger partial charge in [0, 0.05) is 12.6 Å². The van der Waals surface area contributed by atoms with Crippen molar-refractivity contribution >= 4 is 5.69 Å². The predicted molar refractivity (Wildman–Crippen MR) is 80.5 cm³/mol. The lowest BCUT2D eigenvalue weighted by atomic mass is 10.1. The Kier molecular flexibility index (Phi) is 6.50. The van der Waals surface area contributed by atoms with E-state index < -0.39 is 0 Å². The standard InChI is InChI=1S/C15H26N2O2/c1-6-12(9-16-3)10-17-13-8-14(18-4)11(2)7-15(13)19-5/h7-8,12,16-17H,6,9-10H2,1-5H3. The summed E-state index contributed by atoms with van der Waals surface area (Å²) in [4.78, 5) is 0. The van der Waals surface area contributed by atoms with Gasteiger partial charge >= 0.3 is 0 Å².